The summed E-state index contributed by atoms with van der Waals surface area (Å²) in [5, 5.41) is 6.42. The maximum absolute atomic E-state index is 5.06. The summed E-state index contributed by atoms with van der Waals surface area (Å²) in [6.07, 6.45) is 5.06. The highest BCUT2D eigenvalue weighted by molar-refractivity contribution is 4.86. The average Bonchev–Trinajstić information content (AvgIpc) is 1.96. The zero-order chi connectivity index (χ0) is 8.53. The third-order valence-corrected chi connectivity index (χ3v) is 1.26. The first-order valence-corrected chi connectivity index (χ1v) is 4.12. The molecular weight excluding hydrogens is 136 g/mol. The molecule has 64 valence electrons. The van der Waals surface area contributed by atoms with Crippen molar-refractivity contribution in [1.82, 2.24) is 10.6 Å². The second kappa shape index (κ2) is 7.59. The fraction of sp³-hybridized carbons (Fsp3) is 0.778. The van der Waals surface area contributed by atoms with Crippen molar-refractivity contribution in [2.75, 3.05) is 26.2 Å². The molecular formula is C9H18N2. The number of hydrogen-bond donors (Lipinski definition) is 2. The van der Waals surface area contributed by atoms with Crippen LogP contribution in [0.4, 0.5) is 0 Å². The quantitative estimate of drug-likeness (QED) is 0.429. The van der Waals surface area contributed by atoms with Gasteiger partial charge in [0.2, 0.25) is 0 Å². The predicted octanol–water partition coefficient (Wildman–Crippen LogP) is 0.455. The first-order valence-electron chi connectivity index (χ1n) is 4.12. The molecule has 0 aliphatic heterocycles. The third kappa shape index (κ3) is 9.48. The molecule has 0 heterocycles. The Morgan fingerprint density at radius 1 is 1.27 bits per heavy atom. The second-order valence-electron chi connectivity index (χ2n) is 2.98. The van der Waals surface area contributed by atoms with Crippen LogP contribution in [0.5, 0.6) is 0 Å². The molecule has 0 atom stereocenters. The normalized spacial score (nSPS) is 10.0. The van der Waals surface area contributed by atoms with Crippen molar-refractivity contribution >= 4 is 0 Å². The van der Waals surface area contributed by atoms with Crippen LogP contribution < -0.4 is 10.6 Å². The summed E-state index contributed by atoms with van der Waals surface area (Å²) < 4.78 is 0. The molecule has 0 aromatic heterocycles. The van der Waals surface area contributed by atoms with Gasteiger partial charge in [-0.15, -0.1) is 6.42 Å². The standard InChI is InChI=1S/C9H18N2/c1-4-5-10-6-7-11-8-9(2)3/h1,9-11H,5-8H2,2-3H3. The molecule has 0 spiro atoms. The van der Waals surface area contributed by atoms with Gasteiger partial charge in [-0.3, -0.25) is 0 Å². The third-order valence-electron chi connectivity index (χ3n) is 1.26. The van der Waals surface area contributed by atoms with E-state index in [9.17, 15) is 0 Å². The van der Waals surface area contributed by atoms with E-state index in [4.69, 9.17) is 6.42 Å². The fourth-order valence-electron chi connectivity index (χ4n) is 0.728. The Kier molecular flexibility index (Phi) is 7.23. The van der Waals surface area contributed by atoms with Crippen LogP contribution in [0.1, 0.15) is 13.8 Å². The Morgan fingerprint density at radius 3 is 2.45 bits per heavy atom. The molecule has 0 aromatic carbocycles. The number of terminal acetylenes is 1. The average molecular weight is 154 g/mol. The van der Waals surface area contributed by atoms with Gasteiger partial charge in [0.05, 0.1) is 6.54 Å². The first kappa shape index (κ1) is 10.5. The molecule has 0 saturated heterocycles. The van der Waals surface area contributed by atoms with Crippen LogP contribution >= 0.6 is 0 Å². The maximum Gasteiger partial charge on any atom is 0.0574 e. The van der Waals surface area contributed by atoms with Crippen molar-refractivity contribution < 1.29 is 0 Å². The van der Waals surface area contributed by atoms with Gasteiger partial charge < -0.3 is 10.6 Å². The van der Waals surface area contributed by atoms with Gasteiger partial charge in [-0.05, 0) is 12.5 Å². The second-order valence-corrected chi connectivity index (χ2v) is 2.98. The van der Waals surface area contributed by atoms with Crippen molar-refractivity contribution in [3.05, 3.63) is 0 Å². The van der Waals surface area contributed by atoms with E-state index in [1.165, 1.54) is 0 Å². The minimum absolute atomic E-state index is 0.670. The van der Waals surface area contributed by atoms with Gasteiger partial charge in [0.25, 0.3) is 0 Å². The largest absolute Gasteiger partial charge is 0.315 e. The molecule has 2 nitrogen and oxygen atoms in total. The Hall–Kier alpha value is -0.520. The lowest BCUT2D eigenvalue weighted by atomic mass is 10.2. The van der Waals surface area contributed by atoms with E-state index in [2.05, 4.69) is 30.4 Å². The molecule has 0 bridgehead atoms. The van der Waals surface area contributed by atoms with Gasteiger partial charge in [-0.25, -0.2) is 0 Å². The fourth-order valence-corrected chi connectivity index (χ4v) is 0.728. The van der Waals surface area contributed by atoms with E-state index in [-0.39, 0.29) is 0 Å². The lowest BCUT2D eigenvalue weighted by Gasteiger charge is -2.06. The maximum atomic E-state index is 5.06. The van der Waals surface area contributed by atoms with Crippen LogP contribution in [0, 0.1) is 18.3 Å². The van der Waals surface area contributed by atoms with Gasteiger partial charge in [-0.2, -0.15) is 0 Å². The molecule has 0 rings (SSSR count). The van der Waals surface area contributed by atoms with Crippen LogP contribution in [0.2, 0.25) is 0 Å². The van der Waals surface area contributed by atoms with E-state index < -0.39 is 0 Å². The summed E-state index contributed by atoms with van der Waals surface area (Å²) in [5.74, 6) is 3.25. The summed E-state index contributed by atoms with van der Waals surface area (Å²) in [6, 6.07) is 0. The molecule has 2 heteroatoms. The first-order chi connectivity index (χ1) is 5.27. The van der Waals surface area contributed by atoms with Gasteiger partial charge >= 0.3 is 0 Å². The van der Waals surface area contributed by atoms with E-state index in [0.29, 0.717) is 6.54 Å². The van der Waals surface area contributed by atoms with Crippen molar-refractivity contribution in [1.29, 1.82) is 0 Å². The Balaban J connectivity index is 2.86. The molecule has 0 fully saturated rings. The van der Waals surface area contributed by atoms with Crippen molar-refractivity contribution in [2.24, 2.45) is 5.92 Å². The van der Waals surface area contributed by atoms with Gasteiger partial charge in [0.1, 0.15) is 0 Å². The Bertz CT molecular complexity index is 113. The highest BCUT2D eigenvalue weighted by atomic mass is 14.9. The summed E-state index contributed by atoms with van der Waals surface area (Å²) >= 11 is 0. The molecule has 0 aromatic rings. The Morgan fingerprint density at radius 2 is 1.91 bits per heavy atom. The minimum Gasteiger partial charge on any atom is -0.315 e. The summed E-state index contributed by atoms with van der Waals surface area (Å²) in [7, 11) is 0. The van der Waals surface area contributed by atoms with Crippen molar-refractivity contribution in [2.45, 2.75) is 13.8 Å². The van der Waals surface area contributed by atoms with E-state index >= 15 is 0 Å². The van der Waals surface area contributed by atoms with Gasteiger partial charge in [0, 0.05) is 13.1 Å². The topological polar surface area (TPSA) is 24.1 Å². The van der Waals surface area contributed by atoms with Crippen LogP contribution in [0.15, 0.2) is 0 Å². The molecule has 11 heavy (non-hydrogen) atoms. The highest BCUT2D eigenvalue weighted by Gasteiger charge is 1.90. The van der Waals surface area contributed by atoms with Crippen molar-refractivity contribution in [3.8, 4) is 12.3 Å². The number of nitrogens with one attached hydrogen (secondary N) is 2. The molecule has 0 amide bonds. The summed E-state index contributed by atoms with van der Waals surface area (Å²) in [4.78, 5) is 0. The van der Waals surface area contributed by atoms with Crippen LogP contribution in [-0.2, 0) is 0 Å². The predicted molar refractivity (Wildman–Crippen MR) is 49.4 cm³/mol. The molecule has 0 saturated carbocycles. The Labute approximate surface area is 69.8 Å². The van der Waals surface area contributed by atoms with E-state index in [0.717, 1.165) is 25.6 Å². The summed E-state index contributed by atoms with van der Waals surface area (Å²) in [5.41, 5.74) is 0. The lowest BCUT2D eigenvalue weighted by Crippen LogP contribution is -2.29. The van der Waals surface area contributed by atoms with E-state index in [1.54, 1.807) is 0 Å². The lowest BCUT2D eigenvalue weighted by molar-refractivity contribution is 0.543. The minimum atomic E-state index is 0.670. The zero-order valence-electron chi connectivity index (χ0n) is 7.48. The summed E-state index contributed by atoms with van der Waals surface area (Å²) in [6.45, 7) is 8.10. The van der Waals surface area contributed by atoms with Gasteiger partial charge in [0.15, 0.2) is 0 Å². The van der Waals surface area contributed by atoms with Gasteiger partial charge in [-0.1, -0.05) is 19.8 Å². The van der Waals surface area contributed by atoms with Crippen LogP contribution in [0.3, 0.4) is 0 Å². The number of hydrogen-bond acceptors (Lipinski definition) is 2. The molecule has 0 radical (unpaired) electrons. The monoisotopic (exact) mass is 154 g/mol. The molecule has 0 aliphatic carbocycles. The zero-order valence-corrected chi connectivity index (χ0v) is 7.48. The van der Waals surface area contributed by atoms with Crippen LogP contribution in [-0.4, -0.2) is 26.2 Å². The smallest absolute Gasteiger partial charge is 0.0574 e. The molecule has 2 N–H and O–H groups in total. The molecule has 0 unspecified atom stereocenters. The van der Waals surface area contributed by atoms with E-state index in [1.807, 2.05) is 0 Å². The highest BCUT2D eigenvalue weighted by Crippen LogP contribution is 1.85. The van der Waals surface area contributed by atoms with Crippen LogP contribution in [0.25, 0.3) is 0 Å². The molecule has 0 aliphatic rings. The van der Waals surface area contributed by atoms with Crippen molar-refractivity contribution in [3.63, 3.8) is 0 Å². The number of rotatable bonds is 6. The SMILES string of the molecule is C#CCNCCNCC(C)C.